The van der Waals surface area contributed by atoms with Crippen molar-refractivity contribution >= 4 is 40.0 Å². The lowest BCUT2D eigenvalue weighted by Crippen LogP contribution is -2.50. The number of nitrogens with one attached hydrogen (secondary N) is 1. The molecule has 0 saturated heterocycles. The molecule has 47 heavy (non-hydrogen) atoms. The van der Waals surface area contributed by atoms with Crippen LogP contribution in [-0.2, 0) is 19.1 Å². The number of allylic oxidation sites excluding steroid dienone is 1. The van der Waals surface area contributed by atoms with Crippen molar-refractivity contribution in [2.24, 2.45) is 17.8 Å². The van der Waals surface area contributed by atoms with E-state index in [1.165, 1.54) is 11.3 Å². The van der Waals surface area contributed by atoms with E-state index in [1.807, 2.05) is 29.7 Å². The maximum atomic E-state index is 14.0. The summed E-state index contributed by atoms with van der Waals surface area (Å²) in [7, 11) is 3.40. The fourth-order valence-corrected chi connectivity index (χ4v) is 7.55. The average Bonchev–Trinajstić information content (AvgIpc) is 3.36. The molecule has 1 N–H and O–H groups in total. The van der Waals surface area contributed by atoms with Gasteiger partial charge in [-0.05, 0) is 63.5 Å². The van der Waals surface area contributed by atoms with Crippen molar-refractivity contribution in [2.75, 3.05) is 27.3 Å². The molecular weight excluding hydrogens is 618 g/mol. The first-order chi connectivity index (χ1) is 22.6. The molecule has 0 radical (unpaired) electrons. The third-order valence-electron chi connectivity index (χ3n) is 9.49. The van der Waals surface area contributed by atoms with Gasteiger partial charge in [0.1, 0.15) is 17.4 Å². The summed E-state index contributed by atoms with van der Waals surface area (Å²) < 4.78 is 17.5. The summed E-state index contributed by atoms with van der Waals surface area (Å²) in [6, 6.07) is 5.51. The molecule has 3 aliphatic rings. The Balaban J connectivity index is 1.32. The minimum Gasteiger partial charge on any atom is -0.497 e. The van der Waals surface area contributed by atoms with Gasteiger partial charge in [-0.2, -0.15) is 4.98 Å². The number of aromatic nitrogens is 3. The largest absolute Gasteiger partial charge is 0.497 e. The van der Waals surface area contributed by atoms with Crippen LogP contribution in [-0.4, -0.2) is 76.6 Å². The van der Waals surface area contributed by atoms with Gasteiger partial charge in [-0.3, -0.25) is 9.59 Å². The van der Waals surface area contributed by atoms with Crippen molar-refractivity contribution in [3.63, 3.8) is 0 Å². The van der Waals surface area contributed by atoms with Crippen LogP contribution in [0.2, 0.25) is 0 Å². The van der Waals surface area contributed by atoms with Crippen LogP contribution in [0.3, 0.4) is 0 Å². The number of hydrogen-bond donors (Lipinski definition) is 1. The van der Waals surface area contributed by atoms with E-state index < -0.39 is 29.4 Å². The summed E-state index contributed by atoms with van der Waals surface area (Å²) in [6.07, 6.45) is 7.33. The summed E-state index contributed by atoms with van der Waals surface area (Å²) in [5, 5.41) is 6.42. The number of methoxy groups -OCH3 is 1. The number of benzene rings is 1. The zero-order valence-corrected chi connectivity index (χ0v) is 28.5. The van der Waals surface area contributed by atoms with Crippen LogP contribution in [0, 0.1) is 17.8 Å². The zero-order valence-electron chi connectivity index (χ0n) is 27.7. The highest BCUT2D eigenvalue weighted by atomic mass is 32.1. The Bertz CT molecular complexity index is 1690. The van der Waals surface area contributed by atoms with Gasteiger partial charge in [0.2, 0.25) is 17.7 Å². The van der Waals surface area contributed by atoms with Crippen molar-refractivity contribution < 1.29 is 28.6 Å². The van der Waals surface area contributed by atoms with Crippen LogP contribution in [0.1, 0.15) is 70.9 Å². The van der Waals surface area contributed by atoms with Crippen molar-refractivity contribution in [2.45, 2.75) is 76.9 Å². The Labute approximate surface area is 279 Å². The molecule has 11 nitrogen and oxygen atoms in total. The first-order valence-electron chi connectivity index (χ1n) is 16.5. The average molecular weight is 662 g/mol. The number of fused-ring (bicyclic) bond motifs is 3. The zero-order chi connectivity index (χ0) is 33.3. The molecule has 0 spiro atoms. The van der Waals surface area contributed by atoms with Gasteiger partial charge in [0.25, 0.3) is 0 Å². The molecule has 2 fully saturated rings. The Morgan fingerprint density at radius 1 is 1.15 bits per heavy atom. The predicted molar refractivity (Wildman–Crippen MR) is 178 cm³/mol. The fourth-order valence-electron chi connectivity index (χ4n) is 6.64. The number of ether oxygens (including phenoxy) is 3. The summed E-state index contributed by atoms with van der Waals surface area (Å²) >= 11 is 1.47. The van der Waals surface area contributed by atoms with E-state index in [0.717, 1.165) is 25.0 Å². The van der Waals surface area contributed by atoms with Crippen LogP contribution >= 0.6 is 11.3 Å². The number of thiazole rings is 1. The van der Waals surface area contributed by atoms with Crippen molar-refractivity contribution in [1.29, 1.82) is 0 Å². The van der Waals surface area contributed by atoms with Gasteiger partial charge in [0.05, 0.1) is 42.1 Å². The van der Waals surface area contributed by atoms with Crippen LogP contribution in [0.4, 0.5) is 0 Å². The van der Waals surface area contributed by atoms with Gasteiger partial charge < -0.3 is 24.4 Å². The molecule has 250 valence electrons. The smallest absolute Gasteiger partial charge is 0.332 e. The lowest BCUT2D eigenvalue weighted by atomic mass is 9.93. The summed E-state index contributed by atoms with van der Waals surface area (Å²) in [4.78, 5) is 57.1. The first-order valence-corrected chi connectivity index (χ1v) is 17.4. The number of esters is 1. The quantitative estimate of drug-likeness (QED) is 0.265. The molecule has 2 aliphatic carbocycles. The van der Waals surface area contributed by atoms with Gasteiger partial charge in [-0.25, -0.2) is 14.8 Å². The van der Waals surface area contributed by atoms with Gasteiger partial charge in [0, 0.05) is 31.0 Å². The van der Waals surface area contributed by atoms with E-state index in [9.17, 15) is 14.4 Å². The standard InChI is InChI=1S/C35H43N5O6S/c1-6-45-34(43)35-18-21(35)11-9-7-8-10-14-40(4)33(42)26-16-23(15-25(26)30(41)39-35)46-31-24-13-12-22(44-5)17-27(24)36-29(38-31)32-37-28(19-47-32)20(2)3/h9,11-13,17,19-21,23,25-26H,6-8,10,14-16,18H2,1-5H3,(H,39,41)/b11-9-. The molecule has 2 saturated carbocycles. The number of amides is 2. The van der Waals surface area contributed by atoms with Crippen molar-refractivity contribution in [1.82, 2.24) is 25.2 Å². The van der Waals surface area contributed by atoms with Gasteiger partial charge in [-0.15, -0.1) is 11.3 Å². The molecule has 2 amide bonds. The molecule has 5 unspecified atom stereocenters. The second-order valence-corrected chi connectivity index (χ2v) is 13.9. The molecule has 5 atom stereocenters. The minimum atomic E-state index is -1.11. The Hall–Kier alpha value is -4.06. The van der Waals surface area contributed by atoms with E-state index in [0.29, 0.717) is 59.2 Å². The van der Waals surface area contributed by atoms with Gasteiger partial charge in [-0.1, -0.05) is 26.0 Å². The SMILES string of the molecule is CCOC(=O)C12CC1/C=C\CCCCN(C)C(=O)C1CC(Oc3nc(-c4nc(C(C)C)cs4)nc4cc(OC)ccc34)CC1C(=O)N2. The lowest BCUT2D eigenvalue weighted by Gasteiger charge is -2.26. The highest BCUT2D eigenvalue weighted by Gasteiger charge is 2.62. The van der Waals surface area contributed by atoms with Crippen LogP contribution in [0.15, 0.2) is 35.7 Å². The fraction of sp³-hybridized carbons (Fsp3) is 0.543. The molecule has 6 rings (SSSR count). The van der Waals surface area contributed by atoms with Gasteiger partial charge >= 0.3 is 5.97 Å². The second-order valence-electron chi connectivity index (χ2n) is 13.1. The Morgan fingerprint density at radius 3 is 2.70 bits per heavy atom. The Kier molecular flexibility index (Phi) is 9.50. The molecule has 3 aromatic rings. The molecule has 12 heteroatoms. The van der Waals surface area contributed by atoms with Crippen molar-refractivity contribution in [3.05, 3.63) is 41.4 Å². The molecule has 3 heterocycles. The highest BCUT2D eigenvalue weighted by Crippen LogP contribution is 2.47. The third kappa shape index (κ3) is 6.70. The third-order valence-corrected chi connectivity index (χ3v) is 10.3. The number of nitrogens with zero attached hydrogens (tertiary/aromatic N) is 4. The molecule has 1 aromatic carbocycles. The minimum absolute atomic E-state index is 0.0941. The number of carbonyl (C=O) groups excluding carboxylic acids is 3. The summed E-state index contributed by atoms with van der Waals surface area (Å²) in [6.45, 7) is 6.76. The molecule has 0 bridgehead atoms. The molecular formula is C35H43N5O6S. The Morgan fingerprint density at radius 2 is 1.96 bits per heavy atom. The molecule has 1 aliphatic heterocycles. The number of hydrogen-bond acceptors (Lipinski definition) is 10. The van der Waals surface area contributed by atoms with E-state index >= 15 is 0 Å². The summed E-state index contributed by atoms with van der Waals surface area (Å²) in [5.74, 6) is -0.581. The number of rotatable bonds is 7. The van der Waals surface area contributed by atoms with Gasteiger partial charge in [0.15, 0.2) is 10.8 Å². The highest BCUT2D eigenvalue weighted by molar-refractivity contribution is 7.13. The maximum absolute atomic E-state index is 14.0. The normalized spacial score (nSPS) is 27.1. The summed E-state index contributed by atoms with van der Waals surface area (Å²) in [5.41, 5.74) is 0.493. The van der Waals surface area contributed by atoms with Crippen LogP contribution in [0.25, 0.3) is 21.7 Å². The van der Waals surface area contributed by atoms with Crippen molar-refractivity contribution in [3.8, 4) is 22.5 Å². The topological polar surface area (TPSA) is 133 Å². The lowest BCUT2D eigenvalue weighted by molar-refractivity contribution is -0.150. The first kappa shape index (κ1) is 32.9. The van der Waals surface area contributed by atoms with E-state index in [1.54, 1.807) is 26.0 Å². The van der Waals surface area contributed by atoms with Crippen LogP contribution < -0.4 is 14.8 Å². The maximum Gasteiger partial charge on any atom is 0.332 e. The van der Waals surface area contributed by atoms with E-state index in [-0.39, 0.29) is 30.3 Å². The van der Waals surface area contributed by atoms with Crippen LogP contribution in [0.5, 0.6) is 11.6 Å². The van der Waals surface area contributed by atoms with E-state index in [2.05, 4.69) is 25.2 Å². The number of carbonyl (C=O) groups is 3. The van der Waals surface area contributed by atoms with E-state index in [4.69, 9.17) is 29.2 Å². The molecule has 2 aromatic heterocycles. The second kappa shape index (κ2) is 13.6. The monoisotopic (exact) mass is 661 g/mol. The predicted octanol–water partition coefficient (Wildman–Crippen LogP) is 5.30.